The fourth-order valence-electron chi connectivity index (χ4n) is 4.52. The van der Waals surface area contributed by atoms with Crippen LogP contribution in [-0.4, -0.2) is 56.7 Å². The lowest BCUT2D eigenvalue weighted by molar-refractivity contribution is -0.126. The number of nitrogens with one attached hydrogen (secondary N) is 1. The molecular formula is C23H28ClN3O2. The van der Waals surface area contributed by atoms with E-state index < -0.39 is 0 Å². The van der Waals surface area contributed by atoms with Crippen LogP contribution in [0.3, 0.4) is 0 Å². The van der Waals surface area contributed by atoms with Gasteiger partial charge in [-0.15, -0.1) is 0 Å². The Morgan fingerprint density at radius 3 is 2.76 bits per heavy atom. The number of carbonyl (C=O) groups excluding carboxylic acids is 1. The van der Waals surface area contributed by atoms with Crippen LogP contribution in [0.15, 0.2) is 48.5 Å². The third-order valence-corrected chi connectivity index (χ3v) is 6.22. The van der Waals surface area contributed by atoms with Crippen molar-refractivity contribution >= 4 is 23.2 Å². The number of hydrogen-bond acceptors (Lipinski definition) is 4. The number of ether oxygens (including phenoxy) is 1. The minimum atomic E-state index is -0.0604. The first-order valence-corrected chi connectivity index (χ1v) is 10.6. The van der Waals surface area contributed by atoms with E-state index in [1.54, 1.807) is 7.11 Å². The van der Waals surface area contributed by atoms with E-state index in [-0.39, 0.29) is 17.9 Å². The van der Waals surface area contributed by atoms with Gasteiger partial charge in [0.05, 0.1) is 18.6 Å². The summed E-state index contributed by atoms with van der Waals surface area (Å²) in [5, 5.41) is 3.82. The highest BCUT2D eigenvalue weighted by Gasteiger charge is 2.41. The largest absolute Gasteiger partial charge is 0.383 e. The third kappa shape index (κ3) is 4.58. The van der Waals surface area contributed by atoms with Crippen LogP contribution in [0, 0.1) is 5.92 Å². The summed E-state index contributed by atoms with van der Waals surface area (Å²) in [5.41, 5.74) is 3.80. The average Bonchev–Trinajstić information content (AvgIpc) is 2.75. The molecule has 29 heavy (non-hydrogen) atoms. The number of hydrogen-bond donors (Lipinski definition) is 1. The Kier molecular flexibility index (Phi) is 6.38. The molecule has 1 fully saturated rings. The first-order valence-electron chi connectivity index (χ1n) is 10.2. The lowest BCUT2D eigenvalue weighted by atomic mass is 9.83. The lowest BCUT2D eigenvalue weighted by Crippen LogP contribution is -2.61. The highest BCUT2D eigenvalue weighted by molar-refractivity contribution is 6.30. The van der Waals surface area contributed by atoms with E-state index in [2.05, 4.69) is 51.5 Å². The Bertz CT molecular complexity index is 842. The van der Waals surface area contributed by atoms with Crippen LogP contribution in [0.25, 0.3) is 0 Å². The molecule has 1 N–H and O–H groups in total. The predicted molar refractivity (Wildman–Crippen MR) is 116 cm³/mol. The molecule has 2 aromatic carbocycles. The molecule has 2 aromatic rings. The van der Waals surface area contributed by atoms with Crippen molar-refractivity contribution < 1.29 is 9.53 Å². The summed E-state index contributed by atoms with van der Waals surface area (Å²) >= 11 is 6.03. The first kappa shape index (κ1) is 20.2. The van der Waals surface area contributed by atoms with Gasteiger partial charge in [0.15, 0.2) is 0 Å². The van der Waals surface area contributed by atoms with E-state index in [1.807, 2.05) is 12.1 Å². The van der Waals surface area contributed by atoms with Gasteiger partial charge in [-0.05, 0) is 35.7 Å². The molecule has 2 heterocycles. The Labute approximate surface area is 177 Å². The standard InChI is InChI=1S/C23H28ClN3O2/c1-29-13-10-25-23(28)20-14-18-4-2-3-5-21(18)27-12-11-26(16-22(20)27)15-17-6-8-19(24)9-7-17/h2-9,20,22H,10-16H2,1H3,(H,25,28)/t20-,22-/m1/s1. The minimum absolute atomic E-state index is 0.0604. The highest BCUT2D eigenvalue weighted by atomic mass is 35.5. The van der Waals surface area contributed by atoms with Crippen LogP contribution in [-0.2, 0) is 22.5 Å². The van der Waals surface area contributed by atoms with Gasteiger partial charge < -0.3 is 15.0 Å². The van der Waals surface area contributed by atoms with Gasteiger partial charge in [0.25, 0.3) is 0 Å². The minimum Gasteiger partial charge on any atom is -0.383 e. The summed E-state index contributed by atoms with van der Waals surface area (Å²) in [4.78, 5) is 17.9. The molecule has 0 aromatic heterocycles. The van der Waals surface area contributed by atoms with Gasteiger partial charge >= 0.3 is 0 Å². The zero-order chi connectivity index (χ0) is 20.2. The summed E-state index contributed by atoms with van der Waals surface area (Å²) in [7, 11) is 1.65. The molecule has 0 unspecified atom stereocenters. The van der Waals surface area contributed by atoms with Gasteiger partial charge in [0.2, 0.25) is 5.91 Å². The number of para-hydroxylation sites is 1. The second kappa shape index (κ2) is 9.16. The average molecular weight is 414 g/mol. The Morgan fingerprint density at radius 1 is 1.17 bits per heavy atom. The second-order valence-electron chi connectivity index (χ2n) is 7.85. The van der Waals surface area contributed by atoms with Crippen LogP contribution in [0.2, 0.25) is 5.02 Å². The van der Waals surface area contributed by atoms with Crippen LogP contribution >= 0.6 is 11.6 Å². The third-order valence-electron chi connectivity index (χ3n) is 5.97. The van der Waals surface area contributed by atoms with Crippen molar-refractivity contribution in [3.63, 3.8) is 0 Å². The van der Waals surface area contributed by atoms with Crippen molar-refractivity contribution in [1.82, 2.24) is 10.2 Å². The molecule has 4 rings (SSSR count). The van der Waals surface area contributed by atoms with E-state index in [9.17, 15) is 4.79 Å². The molecule has 0 aliphatic carbocycles. The van der Waals surface area contributed by atoms with Crippen molar-refractivity contribution in [2.45, 2.75) is 19.0 Å². The predicted octanol–water partition coefficient (Wildman–Crippen LogP) is 2.97. The highest BCUT2D eigenvalue weighted by Crippen LogP contribution is 2.36. The number of benzene rings is 2. The maximum atomic E-state index is 13.0. The quantitative estimate of drug-likeness (QED) is 0.739. The first-order chi connectivity index (χ1) is 14.2. The van der Waals surface area contributed by atoms with Crippen LogP contribution in [0.5, 0.6) is 0 Å². The zero-order valence-electron chi connectivity index (χ0n) is 16.8. The van der Waals surface area contributed by atoms with Crippen molar-refractivity contribution in [2.75, 3.05) is 44.8 Å². The van der Waals surface area contributed by atoms with Gasteiger partial charge in [-0.3, -0.25) is 9.69 Å². The molecule has 2 aliphatic rings. The maximum Gasteiger partial charge on any atom is 0.225 e. The van der Waals surface area contributed by atoms with Crippen molar-refractivity contribution in [3.8, 4) is 0 Å². The molecule has 2 atom stereocenters. The van der Waals surface area contributed by atoms with Crippen molar-refractivity contribution in [1.29, 1.82) is 0 Å². The fraction of sp³-hybridized carbons (Fsp3) is 0.435. The molecule has 5 nitrogen and oxygen atoms in total. The number of rotatable bonds is 6. The van der Waals surface area contributed by atoms with Gasteiger partial charge in [-0.1, -0.05) is 41.9 Å². The summed E-state index contributed by atoms with van der Waals surface area (Å²) in [6.07, 6.45) is 0.783. The van der Waals surface area contributed by atoms with E-state index >= 15 is 0 Å². The molecular weight excluding hydrogens is 386 g/mol. The monoisotopic (exact) mass is 413 g/mol. The summed E-state index contributed by atoms with van der Waals surface area (Å²) in [5.74, 6) is 0.0645. The molecule has 6 heteroatoms. The van der Waals surface area contributed by atoms with E-state index in [4.69, 9.17) is 16.3 Å². The van der Waals surface area contributed by atoms with Crippen LogP contribution in [0.1, 0.15) is 11.1 Å². The number of carbonyl (C=O) groups is 1. The number of halogens is 1. The number of piperazine rings is 1. The van der Waals surface area contributed by atoms with E-state index in [0.29, 0.717) is 13.2 Å². The number of fused-ring (bicyclic) bond motifs is 3. The molecule has 154 valence electrons. The number of anilines is 1. The zero-order valence-corrected chi connectivity index (χ0v) is 17.6. The molecule has 1 amide bonds. The maximum absolute atomic E-state index is 13.0. The molecule has 2 aliphatic heterocycles. The van der Waals surface area contributed by atoms with Gasteiger partial charge in [-0.2, -0.15) is 0 Å². The SMILES string of the molecule is COCCNC(=O)[C@@H]1Cc2ccccc2N2CCN(Cc3ccc(Cl)cc3)C[C@H]12. The summed E-state index contributed by atoms with van der Waals surface area (Å²) < 4.78 is 5.09. The normalized spacial score (nSPS) is 21.4. The molecule has 0 spiro atoms. The van der Waals surface area contributed by atoms with Crippen molar-refractivity contribution in [3.05, 3.63) is 64.7 Å². The Morgan fingerprint density at radius 2 is 1.97 bits per heavy atom. The van der Waals surface area contributed by atoms with Crippen molar-refractivity contribution in [2.24, 2.45) is 5.92 Å². The molecule has 0 radical (unpaired) electrons. The lowest BCUT2D eigenvalue weighted by Gasteiger charge is -2.49. The van der Waals surface area contributed by atoms with E-state index in [1.165, 1.54) is 16.8 Å². The van der Waals surface area contributed by atoms with Gasteiger partial charge in [-0.25, -0.2) is 0 Å². The van der Waals surface area contributed by atoms with Gasteiger partial charge in [0.1, 0.15) is 0 Å². The second-order valence-corrected chi connectivity index (χ2v) is 8.28. The summed E-state index contributed by atoms with van der Waals surface area (Å²) in [6, 6.07) is 16.7. The van der Waals surface area contributed by atoms with Crippen LogP contribution in [0.4, 0.5) is 5.69 Å². The van der Waals surface area contributed by atoms with E-state index in [0.717, 1.165) is 37.6 Å². The smallest absolute Gasteiger partial charge is 0.225 e. The summed E-state index contributed by atoms with van der Waals surface area (Å²) in [6.45, 7) is 4.74. The number of nitrogens with zero attached hydrogens (tertiary/aromatic N) is 2. The topological polar surface area (TPSA) is 44.8 Å². The van der Waals surface area contributed by atoms with Gasteiger partial charge in [0, 0.05) is 50.5 Å². The Balaban J connectivity index is 1.52. The number of amides is 1. The number of methoxy groups -OCH3 is 1. The van der Waals surface area contributed by atoms with Crippen LogP contribution < -0.4 is 10.2 Å². The fourth-order valence-corrected chi connectivity index (χ4v) is 4.64. The Hall–Kier alpha value is -2.08. The molecule has 0 saturated carbocycles. The molecule has 0 bridgehead atoms. The molecule has 1 saturated heterocycles.